The third-order valence-electron chi connectivity index (χ3n) is 2.32. The molecule has 0 aliphatic carbocycles. The molecule has 1 rings (SSSR count). The summed E-state index contributed by atoms with van der Waals surface area (Å²) in [4.78, 5) is 6.80. The fourth-order valence-corrected chi connectivity index (χ4v) is 1.63. The van der Waals surface area contributed by atoms with Crippen LogP contribution < -0.4 is 5.73 Å². The highest BCUT2D eigenvalue weighted by Gasteiger charge is 2.06. The topological polar surface area (TPSA) is 42.2 Å². The molecule has 3 heteroatoms. The molecule has 3 nitrogen and oxygen atoms in total. The molecule has 0 spiro atoms. The summed E-state index contributed by atoms with van der Waals surface area (Å²) in [5, 5.41) is 0. The molecule has 0 unspecified atom stereocenters. The third kappa shape index (κ3) is 4.40. The van der Waals surface area contributed by atoms with Gasteiger partial charge in [-0.1, -0.05) is 13.0 Å². The number of aromatic nitrogens is 1. The number of nitrogens with two attached hydrogens (primary N) is 1. The van der Waals surface area contributed by atoms with Gasteiger partial charge in [0.2, 0.25) is 0 Å². The number of likely N-dealkylation sites (N-methyl/N-ethyl adjacent to an activating group) is 1. The van der Waals surface area contributed by atoms with E-state index in [0.717, 1.165) is 31.0 Å². The van der Waals surface area contributed by atoms with Gasteiger partial charge < -0.3 is 5.73 Å². The highest BCUT2D eigenvalue weighted by molar-refractivity contribution is 5.09. The highest BCUT2D eigenvalue weighted by atomic mass is 15.1. The second kappa shape index (κ2) is 5.83. The van der Waals surface area contributed by atoms with E-state index in [9.17, 15) is 0 Å². The number of rotatable bonds is 5. The number of hydrogen-bond acceptors (Lipinski definition) is 3. The van der Waals surface area contributed by atoms with Crippen molar-refractivity contribution in [2.75, 3.05) is 13.1 Å². The van der Waals surface area contributed by atoms with E-state index in [-0.39, 0.29) is 6.04 Å². The van der Waals surface area contributed by atoms with Crippen molar-refractivity contribution in [1.82, 2.24) is 9.88 Å². The largest absolute Gasteiger partial charge is 0.327 e. The van der Waals surface area contributed by atoms with Crippen molar-refractivity contribution in [2.24, 2.45) is 5.73 Å². The molecule has 0 saturated heterocycles. The van der Waals surface area contributed by atoms with Gasteiger partial charge >= 0.3 is 0 Å². The fourth-order valence-electron chi connectivity index (χ4n) is 1.63. The molecule has 0 aliphatic rings. The fraction of sp³-hybridized carbons (Fsp3) is 0.583. The zero-order valence-electron chi connectivity index (χ0n) is 9.90. The van der Waals surface area contributed by atoms with Gasteiger partial charge in [-0.15, -0.1) is 0 Å². The molecular formula is C12H21N3. The zero-order chi connectivity index (χ0) is 11.3. The van der Waals surface area contributed by atoms with Crippen molar-refractivity contribution in [3.63, 3.8) is 0 Å². The van der Waals surface area contributed by atoms with E-state index in [1.807, 2.05) is 19.9 Å². The molecule has 1 heterocycles. The summed E-state index contributed by atoms with van der Waals surface area (Å²) >= 11 is 0. The van der Waals surface area contributed by atoms with Gasteiger partial charge in [-0.05, 0) is 32.5 Å². The first-order valence-corrected chi connectivity index (χ1v) is 5.52. The van der Waals surface area contributed by atoms with E-state index in [2.05, 4.69) is 28.9 Å². The van der Waals surface area contributed by atoms with Crippen LogP contribution in [-0.2, 0) is 6.54 Å². The van der Waals surface area contributed by atoms with Crippen LogP contribution in [0.1, 0.15) is 25.2 Å². The highest BCUT2D eigenvalue weighted by Crippen LogP contribution is 2.03. The van der Waals surface area contributed by atoms with Gasteiger partial charge in [0, 0.05) is 24.8 Å². The summed E-state index contributed by atoms with van der Waals surface area (Å²) in [5.74, 6) is 0. The van der Waals surface area contributed by atoms with Crippen molar-refractivity contribution in [3.8, 4) is 0 Å². The lowest BCUT2D eigenvalue weighted by molar-refractivity contribution is 0.263. The summed E-state index contributed by atoms with van der Waals surface area (Å²) in [6.45, 7) is 9.03. The Hall–Kier alpha value is -0.930. The summed E-state index contributed by atoms with van der Waals surface area (Å²) in [6.07, 6.45) is 0. The van der Waals surface area contributed by atoms with Crippen LogP contribution >= 0.6 is 0 Å². The molecule has 84 valence electrons. The second-order valence-electron chi connectivity index (χ2n) is 4.08. The normalized spacial score (nSPS) is 13.1. The van der Waals surface area contributed by atoms with Gasteiger partial charge in [-0.3, -0.25) is 9.88 Å². The summed E-state index contributed by atoms with van der Waals surface area (Å²) in [7, 11) is 0. The lowest BCUT2D eigenvalue weighted by Crippen LogP contribution is -2.35. The van der Waals surface area contributed by atoms with Crippen LogP contribution in [0, 0.1) is 6.92 Å². The maximum absolute atomic E-state index is 5.79. The number of nitrogens with zero attached hydrogens (tertiary/aromatic N) is 2. The van der Waals surface area contributed by atoms with Crippen molar-refractivity contribution >= 4 is 0 Å². The van der Waals surface area contributed by atoms with Crippen LogP contribution in [0.5, 0.6) is 0 Å². The molecule has 2 N–H and O–H groups in total. The van der Waals surface area contributed by atoms with Crippen LogP contribution in [0.4, 0.5) is 0 Å². The predicted octanol–water partition coefficient (Wildman–Crippen LogP) is 1.56. The molecule has 0 fully saturated rings. The predicted molar refractivity (Wildman–Crippen MR) is 63.6 cm³/mol. The molecule has 15 heavy (non-hydrogen) atoms. The number of hydrogen-bond donors (Lipinski definition) is 1. The molecule has 1 aromatic rings. The monoisotopic (exact) mass is 207 g/mol. The first-order chi connectivity index (χ1) is 7.11. The minimum absolute atomic E-state index is 0.217. The van der Waals surface area contributed by atoms with Crippen LogP contribution in [0.3, 0.4) is 0 Å². The van der Waals surface area contributed by atoms with E-state index < -0.39 is 0 Å². The third-order valence-corrected chi connectivity index (χ3v) is 2.32. The lowest BCUT2D eigenvalue weighted by Gasteiger charge is -2.21. The zero-order valence-corrected chi connectivity index (χ0v) is 9.90. The Morgan fingerprint density at radius 2 is 2.20 bits per heavy atom. The standard InChI is InChI=1S/C12H21N3/c1-4-15(8-10(2)13)9-12-7-5-6-11(3)14-12/h5-7,10H,4,8-9,13H2,1-3H3/t10-/m0/s1. The van der Waals surface area contributed by atoms with Gasteiger partial charge in [0.15, 0.2) is 0 Å². The van der Waals surface area contributed by atoms with E-state index in [1.54, 1.807) is 0 Å². The first kappa shape index (κ1) is 12.1. The molecule has 0 aliphatic heterocycles. The van der Waals surface area contributed by atoms with E-state index >= 15 is 0 Å². The van der Waals surface area contributed by atoms with E-state index in [0.29, 0.717) is 0 Å². The Kier molecular flexibility index (Phi) is 4.72. The smallest absolute Gasteiger partial charge is 0.0547 e. The second-order valence-corrected chi connectivity index (χ2v) is 4.08. The molecule has 0 bridgehead atoms. The quantitative estimate of drug-likeness (QED) is 0.796. The minimum atomic E-state index is 0.217. The maximum Gasteiger partial charge on any atom is 0.0547 e. The van der Waals surface area contributed by atoms with Crippen molar-refractivity contribution < 1.29 is 0 Å². The van der Waals surface area contributed by atoms with Crippen LogP contribution in [0.25, 0.3) is 0 Å². The SMILES string of the molecule is CCN(Cc1cccc(C)n1)C[C@H](C)N. The Balaban J connectivity index is 2.58. The van der Waals surface area contributed by atoms with Gasteiger partial charge in [0.25, 0.3) is 0 Å². The number of pyridine rings is 1. The molecule has 0 radical (unpaired) electrons. The van der Waals surface area contributed by atoms with Crippen LogP contribution in [0.2, 0.25) is 0 Å². The van der Waals surface area contributed by atoms with Crippen molar-refractivity contribution in [2.45, 2.75) is 33.4 Å². The average molecular weight is 207 g/mol. The Morgan fingerprint density at radius 1 is 1.47 bits per heavy atom. The van der Waals surface area contributed by atoms with Crippen LogP contribution in [-0.4, -0.2) is 29.0 Å². The first-order valence-electron chi connectivity index (χ1n) is 5.52. The lowest BCUT2D eigenvalue weighted by atomic mass is 10.2. The molecule has 1 atom stereocenters. The molecular weight excluding hydrogens is 186 g/mol. The van der Waals surface area contributed by atoms with Gasteiger partial charge in [0.05, 0.1) is 5.69 Å². The molecule has 0 amide bonds. The Morgan fingerprint density at radius 3 is 2.73 bits per heavy atom. The summed E-state index contributed by atoms with van der Waals surface area (Å²) in [5.41, 5.74) is 7.99. The maximum atomic E-state index is 5.79. The van der Waals surface area contributed by atoms with Crippen LogP contribution in [0.15, 0.2) is 18.2 Å². The molecule has 1 aromatic heterocycles. The van der Waals surface area contributed by atoms with Crippen molar-refractivity contribution in [3.05, 3.63) is 29.6 Å². The Bertz CT molecular complexity index is 297. The van der Waals surface area contributed by atoms with E-state index in [1.165, 1.54) is 0 Å². The van der Waals surface area contributed by atoms with Gasteiger partial charge in [-0.2, -0.15) is 0 Å². The van der Waals surface area contributed by atoms with Gasteiger partial charge in [0.1, 0.15) is 0 Å². The minimum Gasteiger partial charge on any atom is -0.327 e. The summed E-state index contributed by atoms with van der Waals surface area (Å²) < 4.78 is 0. The molecule has 0 aromatic carbocycles. The van der Waals surface area contributed by atoms with Gasteiger partial charge in [-0.25, -0.2) is 0 Å². The van der Waals surface area contributed by atoms with E-state index in [4.69, 9.17) is 5.73 Å². The number of aryl methyl sites for hydroxylation is 1. The molecule has 0 saturated carbocycles. The summed E-state index contributed by atoms with van der Waals surface area (Å²) in [6, 6.07) is 6.36. The average Bonchev–Trinajstić information content (AvgIpc) is 2.16. The Labute approximate surface area is 92.3 Å². The van der Waals surface area contributed by atoms with Crippen molar-refractivity contribution in [1.29, 1.82) is 0 Å².